The Morgan fingerprint density at radius 1 is 1.50 bits per heavy atom. The number of anilines is 1. The molecule has 1 aromatic carbocycles. The molecule has 0 saturated heterocycles. The first kappa shape index (κ1) is 11.0. The van der Waals surface area contributed by atoms with Crippen molar-refractivity contribution in [3.8, 4) is 0 Å². The molecule has 2 aromatic rings. The summed E-state index contributed by atoms with van der Waals surface area (Å²) >= 11 is 0. The molecule has 1 aliphatic carbocycles. The van der Waals surface area contributed by atoms with Crippen LogP contribution in [0, 0.1) is 10.1 Å². The summed E-state index contributed by atoms with van der Waals surface area (Å²) in [7, 11) is 0. The normalized spacial score (nSPS) is 17.4. The lowest BCUT2D eigenvalue weighted by atomic mass is 9.79. The summed E-state index contributed by atoms with van der Waals surface area (Å²) in [6.07, 6.45) is 3.31. The maximum atomic E-state index is 10.9. The summed E-state index contributed by atoms with van der Waals surface area (Å²) in [6, 6.07) is 5.07. The third-order valence-corrected chi connectivity index (χ3v) is 3.46. The summed E-state index contributed by atoms with van der Waals surface area (Å²) in [5.41, 5.74) is 0.723. The number of hydrogen-bond acceptors (Lipinski definition) is 5. The highest BCUT2D eigenvalue weighted by atomic mass is 16.6. The number of rotatable bonds is 3. The number of nitro benzene ring substituents is 1. The van der Waals surface area contributed by atoms with E-state index in [1.165, 1.54) is 12.5 Å². The molecule has 0 atom stereocenters. The van der Waals surface area contributed by atoms with Crippen LogP contribution in [0.2, 0.25) is 0 Å². The Morgan fingerprint density at radius 2 is 2.28 bits per heavy atom. The standard InChI is InChI=1S/C12H13N3O3/c1-12(6-3-7-12)14-11-13-10-8(15(16)17)4-2-5-9(10)18-11/h2,4-5H,3,6-7H2,1H3,(H,13,14). The van der Waals surface area contributed by atoms with Crippen molar-refractivity contribution in [3.05, 3.63) is 28.3 Å². The molecular formula is C12H13N3O3. The van der Waals surface area contributed by atoms with E-state index in [1.54, 1.807) is 12.1 Å². The minimum Gasteiger partial charge on any atom is -0.423 e. The van der Waals surface area contributed by atoms with Crippen LogP contribution in [0.25, 0.3) is 11.1 Å². The van der Waals surface area contributed by atoms with Gasteiger partial charge in [0.25, 0.3) is 11.7 Å². The molecule has 1 heterocycles. The van der Waals surface area contributed by atoms with Crippen molar-refractivity contribution in [1.29, 1.82) is 0 Å². The van der Waals surface area contributed by atoms with Gasteiger partial charge in [-0.15, -0.1) is 0 Å². The summed E-state index contributed by atoms with van der Waals surface area (Å²) in [5.74, 6) is 0. The van der Waals surface area contributed by atoms with Crippen molar-refractivity contribution in [2.75, 3.05) is 5.32 Å². The lowest BCUT2D eigenvalue weighted by Gasteiger charge is -2.38. The van der Waals surface area contributed by atoms with Crippen LogP contribution in [0.3, 0.4) is 0 Å². The largest absolute Gasteiger partial charge is 0.423 e. The molecule has 0 unspecified atom stereocenters. The minimum atomic E-state index is -0.445. The SMILES string of the molecule is CC1(Nc2nc3c([N+](=O)[O-])cccc3o2)CCC1. The highest BCUT2D eigenvalue weighted by Crippen LogP contribution is 2.36. The predicted octanol–water partition coefficient (Wildman–Crippen LogP) is 3.09. The molecule has 6 heteroatoms. The second-order valence-electron chi connectivity index (χ2n) is 4.94. The van der Waals surface area contributed by atoms with Gasteiger partial charge in [0.2, 0.25) is 0 Å². The average Bonchev–Trinajstić information content (AvgIpc) is 2.68. The van der Waals surface area contributed by atoms with E-state index >= 15 is 0 Å². The molecule has 0 radical (unpaired) electrons. The van der Waals surface area contributed by atoms with Gasteiger partial charge in [0.05, 0.1) is 4.92 Å². The van der Waals surface area contributed by atoms with Crippen LogP contribution in [0.5, 0.6) is 0 Å². The van der Waals surface area contributed by atoms with Gasteiger partial charge in [-0.3, -0.25) is 10.1 Å². The number of hydrogen-bond donors (Lipinski definition) is 1. The van der Waals surface area contributed by atoms with Gasteiger partial charge in [-0.25, -0.2) is 0 Å². The first-order valence-electron chi connectivity index (χ1n) is 5.90. The van der Waals surface area contributed by atoms with Gasteiger partial charge in [0, 0.05) is 11.6 Å². The van der Waals surface area contributed by atoms with Crippen molar-refractivity contribution in [3.63, 3.8) is 0 Å². The van der Waals surface area contributed by atoms with Gasteiger partial charge in [0.1, 0.15) is 0 Å². The first-order valence-corrected chi connectivity index (χ1v) is 5.90. The molecule has 1 aromatic heterocycles. The van der Waals surface area contributed by atoms with Crippen molar-refractivity contribution in [1.82, 2.24) is 4.98 Å². The van der Waals surface area contributed by atoms with Gasteiger partial charge < -0.3 is 9.73 Å². The van der Waals surface area contributed by atoms with Crippen molar-refractivity contribution in [2.45, 2.75) is 31.7 Å². The van der Waals surface area contributed by atoms with E-state index in [4.69, 9.17) is 4.42 Å². The number of nitro groups is 1. The quantitative estimate of drug-likeness (QED) is 0.665. The lowest BCUT2D eigenvalue weighted by molar-refractivity contribution is -0.383. The van der Waals surface area contributed by atoms with Crippen LogP contribution >= 0.6 is 0 Å². The summed E-state index contributed by atoms with van der Waals surface area (Å²) in [4.78, 5) is 14.6. The van der Waals surface area contributed by atoms with Gasteiger partial charge >= 0.3 is 0 Å². The van der Waals surface area contributed by atoms with E-state index in [-0.39, 0.29) is 11.2 Å². The van der Waals surface area contributed by atoms with Crippen molar-refractivity contribution < 1.29 is 9.34 Å². The predicted molar refractivity (Wildman–Crippen MR) is 66.5 cm³/mol. The summed E-state index contributed by atoms with van der Waals surface area (Å²) in [6.45, 7) is 2.10. The second-order valence-corrected chi connectivity index (χ2v) is 4.94. The van der Waals surface area contributed by atoms with E-state index in [0.29, 0.717) is 17.1 Å². The van der Waals surface area contributed by atoms with Crippen LogP contribution in [0.1, 0.15) is 26.2 Å². The fourth-order valence-corrected chi connectivity index (χ4v) is 2.23. The van der Waals surface area contributed by atoms with Crippen molar-refractivity contribution in [2.24, 2.45) is 0 Å². The van der Waals surface area contributed by atoms with Crippen molar-refractivity contribution >= 4 is 22.8 Å². The monoisotopic (exact) mass is 247 g/mol. The summed E-state index contributed by atoms with van der Waals surface area (Å²) < 4.78 is 5.50. The van der Waals surface area contributed by atoms with E-state index < -0.39 is 4.92 Å². The van der Waals surface area contributed by atoms with Gasteiger partial charge in [-0.05, 0) is 32.3 Å². The molecule has 1 fully saturated rings. The Kier molecular flexibility index (Phi) is 2.26. The van der Waals surface area contributed by atoms with Crippen LogP contribution in [-0.2, 0) is 0 Å². The zero-order valence-electron chi connectivity index (χ0n) is 9.97. The second kappa shape index (κ2) is 3.69. The lowest BCUT2D eigenvalue weighted by Crippen LogP contribution is -2.41. The van der Waals surface area contributed by atoms with Crippen LogP contribution in [0.4, 0.5) is 11.7 Å². The Labute approximate surface area is 103 Å². The van der Waals surface area contributed by atoms with Gasteiger partial charge in [-0.2, -0.15) is 4.98 Å². The highest BCUT2D eigenvalue weighted by molar-refractivity contribution is 5.84. The number of nitrogens with one attached hydrogen (secondary N) is 1. The number of oxazole rings is 1. The van der Waals surface area contributed by atoms with E-state index in [2.05, 4.69) is 17.2 Å². The molecule has 0 aliphatic heterocycles. The van der Waals surface area contributed by atoms with E-state index in [1.807, 2.05) is 0 Å². The molecule has 0 amide bonds. The molecule has 18 heavy (non-hydrogen) atoms. The molecule has 6 nitrogen and oxygen atoms in total. The Hall–Kier alpha value is -2.11. The smallest absolute Gasteiger partial charge is 0.298 e. The minimum absolute atomic E-state index is 0.00958. The molecule has 1 N–H and O–H groups in total. The van der Waals surface area contributed by atoms with Crippen LogP contribution in [-0.4, -0.2) is 15.4 Å². The first-order chi connectivity index (χ1) is 8.57. The molecular weight excluding hydrogens is 234 g/mol. The highest BCUT2D eigenvalue weighted by Gasteiger charge is 2.33. The number of nitrogens with zero attached hydrogens (tertiary/aromatic N) is 2. The molecule has 1 aliphatic rings. The topological polar surface area (TPSA) is 81.2 Å². The fraction of sp³-hybridized carbons (Fsp3) is 0.417. The Bertz CT molecular complexity index is 616. The number of aromatic nitrogens is 1. The van der Waals surface area contributed by atoms with Crippen LogP contribution < -0.4 is 5.32 Å². The molecule has 0 bridgehead atoms. The maximum absolute atomic E-state index is 10.9. The number of para-hydroxylation sites is 1. The Balaban J connectivity index is 2.00. The van der Waals surface area contributed by atoms with E-state index in [0.717, 1.165) is 12.8 Å². The average molecular weight is 247 g/mol. The van der Waals surface area contributed by atoms with Crippen LogP contribution in [0.15, 0.2) is 22.6 Å². The number of benzene rings is 1. The third-order valence-electron chi connectivity index (χ3n) is 3.46. The fourth-order valence-electron chi connectivity index (χ4n) is 2.23. The maximum Gasteiger partial charge on any atom is 0.298 e. The zero-order chi connectivity index (χ0) is 12.8. The van der Waals surface area contributed by atoms with E-state index in [9.17, 15) is 10.1 Å². The molecule has 94 valence electrons. The number of non-ortho nitro benzene ring substituents is 1. The Morgan fingerprint density at radius 3 is 2.89 bits per heavy atom. The summed E-state index contributed by atoms with van der Waals surface area (Å²) in [5, 5.41) is 14.1. The zero-order valence-corrected chi connectivity index (χ0v) is 9.97. The molecule has 0 spiro atoms. The molecule has 1 saturated carbocycles. The number of fused-ring (bicyclic) bond motifs is 1. The van der Waals surface area contributed by atoms with Gasteiger partial charge in [-0.1, -0.05) is 6.07 Å². The van der Waals surface area contributed by atoms with Gasteiger partial charge in [0.15, 0.2) is 11.1 Å². The molecule has 3 rings (SSSR count). The third kappa shape index (κ3) is 1.70.